The molecule has 0 spiro atoms. The Balaban J connectivity index is 2.51. The van der Waals surface area contributed by atoms with E-state index in [0.717, 1.165) is 24.1 Å². The summed E-state index contributed by atoms with van der Waals surface area (Å²) >= 11 is 0. The van der Waals surface area contributed by atoms with Crippen LogP contribution in [-0.2, 0) is 7.05 Å². The summed E-state index contributed by atoms with van der Waals surface area (Å²) in [7, 11) is 1.76. The standard InChI is InChI=1S/C11H12N2O/c1-13-7-3-5-10(11(13)14)9-4-2-6-12-8-9/h3-5,7-8H,2,6H2,1H3. The van der Waals surface area contributed by atoms with E-state index >= 15 is 0 Å². The van der Waals surface area contributed by atoms with Crippen LogP contribution in [0.3, 0.4) is 0 Å². The summed E-state index contributed by atoms with van der Waals surface area (Å²) in [6.07, 6.45) is 6.51. The van der Waals surface area contributed by atoms with E-state index in [2.05, 4.69) is 11.1 Å². The van der Waals surface area contributed by atoms with Crippen molar-refractivity contribution < 1.29 is 0 Å². The minimum atomic E-state index is 0.0344. The highest BCUT2D eigenvalue weighted by Crippen LogP contribution is 2.11. The van der Waals surface area contributed by atoms with Gasteiger partial charge in [-0.15, -0.1) is 0 Å². The zero-order valence-electron chi connectivity index (χ0n) is 8.10. The van der Waals surface area contributed by atoms with Gasteiger partial charge in [-0.1, -0.05) is 6.08 Å². The van der Waals surface area contributed by atoms with E-state index in [4.69, 9.17) is 0 Å². The summed E-state index contributed by atoms with van der Waals surface area (Å²) in [4.78, 5) is 15.9. The SMILES string of the molecule is Cn1cccc(C2=CCCN=C2)c1=O. The van der Waals surface area contributed by atoms with Gasteiger partial charge < -0.3 is 4.57 Å². The van der Waals surface area contributed by atoms with Crippen LogP contribution < -0.4 is 5.56 Å². The van der Waals surface area contributed by atoms with Crippen LogP contribution in [0.4, 0.5) is 0 Å². The van der Waals surface area contributed by atoms with Gasteiger partial charge in [-0.3, -0.25) is 9.79 Å². The Morgan fingerprint density at radius 2 is 2.36 bits per heavy atom. The fraction of sp³-hybridized carbons (Fsp3) is 0.273. The lowest BCUT2D eigenvalue weighted by molar-refractivity contribution is 0.856. The molecule has 0 saturated heterocycles. The van der Waals surface area contributed by atoms with Crippen LogP contribution in [0.2, 0.25) is 0 Å². The van der Waals surface area contributed by atoms with E-state index in [1.165, 1.54) is 0 Å². The molecular weight excluding hydrogens is 176 g/mol. The van der Waals surface area contributed by atoms with E-state index in [9.17, 15) is 4.79 Å². The maximum Gasteiger partial charge on any atom is 0.258 e. The molecule has 0 aromatic carbocycles. The highest BCUT2D eigenvalue weighted by Gasteiger charge is 2.06. The third-order valence-electron chi connectivity index (χ3n) is 2.29. The summed E-state index contributed by atoms with van der Waals surface area (Å²) in [5.41, 5.74) is 1.71. The molecule has 3 nitrogen and oxygen atoms in total. The minimum Gasteiger partial charge on any atom is -0.318 e. The van der Waals surface area contributed by atoms with Crippen molar-refractivity contribution in [1.29, 1.82) is 0 Å². The van der Waals surface area contributed by atoms with Gasteiger partial charge in [0.05, 0.1) is 0 Å². The largest absolute Gasteiger partial charge is 0.318 e. The third kappa shape index (κ3) is 1.53. The minimum absolute atomic E-state index is 0.0344. The summed E-state index contributed by atoms with van der Waals surface area (Å²) < 4.78 is 1.58. The average Bonchev–Trinajstić information content (AvgIpc) is 2.23. The summed E-state index contributed by atoms with van der Waals surface area (Å²) in [5, 5.41) is 0. The first-order valence-corrected chi connectivity index (χ1v) is 4.65. The van der Waals surface area contributed by atoms with Gasteiger partial charge >= 0.3 is 0 Å². The van der Waals surface area contributed by atoms with Crippen molar-refractivity contribution in [3.8, 4) is 0 Å². The predicted molar refractivity (Wildman–Crippen MR) is 57.6 cm³/mol. The van der Waals surface area contributed by atoms with Gasteiger partial charge in [0.25, 0.3) is 5.56 Å². The molecule has 1 aliphatic heterocycles. The number of dihydropyridines is 1. The Bertz CT molecular complexity index is 455. The molecule has 3 heteroatoms. The van der Waals surface area contributed by atoms with Crippen molar-refractivity contribution in [3.05, 3.63) is 40.3 Å². The van der Waals surface area contributed by atoms with Crippen LogP contribution in [-0.4, -0.2) is 17.3 Å². The monoisotopic (exact) mass is 188 g/mol. The fourth-order valence-electron chi connectivity index (χ4n) is 1.51. The van der Waals surface area contributed by atoms with Gasteiger partial charge in [0.15, 0.2) is 0 Å². The van der Waals surface area contributed by atoms with Crippen LogP contribution in [0.1, 0.15) is 12.0 Å². The Morgan fingerprint density at radius 1 is 1.50 bits per heavy atom. The first-order valence-electron chi connectivity index (χ1n) is 4.65. The smallest absolute Gasteiger partial charge is 0.258 e. The predicted octanol–water partition coefficient (Wildman–Crippen LogP) is 1.24. The number of aromatic nitrogens is 1. The molecule has 0 radical (unpaired) electrons. The lowest BCUT2D eigenvalue weighted by Gasteiger charge is -2.06. The van der Waals surface area contributed by atoms with Gasteiger partial charge in [-0.2, -0.15) is 0 Å². The Labute approximate surface area is 82.4 Å². The maximum atomic E-state index is 11.7. The van der Waals surface area contributed by atoms with Crippen molar-refractivity contribution in [1.82, 2.24) is 4.57 Å². The molecule has 1 aliphatic rings. The van der Waals surface area contributed by atoms with Crippen LogP contribution in [0.5, 0.6) is 0 Å². The molecule has 0 fully saturated rings. The molecule has 2 rings (SSSR count). The Hall–Kier alpha value is -1.64. The second-order valence-electron chi connectivity index (χ2n) is 3.32. The molecule has 0 saturated carbocycles. The normalized spacial score (nSPS) is 15.4. The van der Waals surface area contributed by atoms with E-state index < -0.39 is 0 Å². The van der Waals surface area contributed by atoms with Crippen LogP contribution in [0, 0.1) is 0 Å². The van der Waals surface area contributed by atoms with Crippen LogP contribution >= 0.6 is 0 Å². The first kappa shape index (κ1) is 8.94. The van der Waals surface area contributed by atoms with Gasteiger partial charge in [0.2, 0.25) is 0 Å². The summed E-state index contributed by atoms with van der Waals surface area (Å²) in [6, 6.07) is 3.71. The van der Waals surface area contributed by atoms with E-state index in [1.807, 2.05) is 12.1 Å². The third-order valence-corrected chi connectivity index (χ3v) is 2.29. The molecule has 0 aliphatic carbocycles. The molecule has 0 amide bonds. The number of pyridine rings is 1. The molecule has 14 heavy (non-hydrogen) atoms. The molecule has 0 bridgehead atoms. The van der Waals surface area contributed by atoms with Crippen molar-refractivity contribution in [2.45, 2.75) is 6.42 Å². The van der Waals surface area contributed by atoms with E-state index in [1.54, 1.807) is 24.0 Å². The maximum absolute atomic E-state index is 11.7. The van der Waals surface area contributed by atoms with E-state index in [0.29, 0.717) is 0 Å². The van der Waals surface area contributed by atoms with Crippen molar-refractivity contribution in [2.24, 2.45) is 12.0 Å². The summed E-state index contributed by atoms with van der Waals surface area (Å²) in [6.45, 7) is 0.830. The molecule has 1 aromatic heterocycles. The average molecular weight is 188 g/mol. The van der Waals surface area contributed by atoms with E-state index in [-0.39, 0.29) is 5.56 Å². The van der Waals surface area contributed by atoms with Crippen molar-refractivity contribution in [3.63, 3.8) is 0 Å². The molecule has 0 unspecified atom stereocenters. The highest BCUT2D eigenvalue weighted by atomic mass is 16.1. The zero-order valence-corrected chi connectivity index (χ0v) is 8.10. The number of hydrogen-bond acceptors (Lipinski definition) is 2. The summed E-state index contributed by atoms with van der Waals surface area (Å²) in [5.74, 6) is 0. The number of nitrogens with zero attached hydrogens (tertiary/aromatic N) is 2. The molecule has 0 atom stereocenters. The quantitative estimate of drug-likeness (QED) is 0.653. The second kappa shape index (κ2) is 3.62. The zero-order chi connectivity index (χ0) is 9.97. The lowest BCUT2D eigenvalue weighted by Crippen LogP contribution is -2.20. The second-order valence-corrected chi connectivity index (χ2v) is 3.32. The van der Waals surface area contributed by atoms with Crippen LogP contribution in [0.15, 0.2) is 34.2 Å². The van der Waals surface area contributed by atoms with Crippen LogP contribution in [0.25, 0.3) is 5.57 Å². The van der Waals surface area contributed by atoms with Gasteiger partial charge in [-0.05, 0) is 18.6 Å². The number of rotatable bonds is 1. The first-order chi connectivity index (χ1) is 6.79. The highest BCUT2D eigenvalue weighted by molar-refractivity contribution is 6.10. The number of aliphatic imine (C=N–C) groups is 1. The fourth-order valence-corrected chi connectivity index (χ4v) is 1.51. The number of allylic oxidation sites excluding steroid dienone is 1. The topological polar surface area (TPSA) is 34.4 Å². The molecular formula is C11H12N2O. The van der Waals surface area contributed by atoms with Crippen molar-refractivity contribution >= 4 is 11.8 Å². The lowest BCUT2D eigenvalue weighted by atomic mass is 10.1. The Morgan fingerprint density at radius 3 is 3.07 bits per heavy atom. The Kier molecular flexibility index (Phi) is 2.31. The van der Waals surface area contributed by atoms with Gasteiger partial charge in [-0.25, -0.2) is 0 Å². The number of aryl methyl sites for hydroxylation is 1. The van der Waals surface area contributed by atoms with Gasteiger partial charge in [0, 0.05) is 37.1 Å². The molecule has 0 N–H and O–H groups in total. The molecule has 2 heterocycles. The van der Waals surface area contributed by atoms with Gasteiger partial charge in [0.1, 0.15) is 0 Å². The molecule has 72 valence electrons. The number of hydrogen-bond donors (Lipinski definition) is 0. The molecule has 1 aromatic rings. The van der Waals surface area contributed by atoms with Crippen molar-refractivity contribution in [2.75, 3.05) is 6.54 Å².